The highest BCUT2D eigenvalue weighted by Crippen LogP contribution is 2.41. The first-order valence-corrected chi connectivity index (χ1v) is 16.1. The van der Waals surface area contributed by atoms with Gasteiger partial charge in [-0.1, -0.05) is 97.1 Å². The molecule has 0 atom stereocenters. The van der Waals surface area contributed by atoms with E-state index in [9.17, 15) is 0 Å². The fraction of sp³-hybridized carbons (Fsp3) is 0. The summed E-state index contributed by atoms with van der Waals surface area (Å²) in [4.78, 5) is 5.10. The molecule has 0 unspecified atom stereocenters. The van der Waals surface area contributed by atoms with E-state index in [1.54, 1.807) is 0 Å². The van der Waals surface area contributed by atoms with Crippen LogP contribution in [0.15, 0.2) is 160 Å². The van der Waals surface area contributed by atoms with Gasteiger partial charge in [-0.3, -0.25) is 8.97 Å². The first kappa shape index (κ1) is 25.6. The summed E-state index contributed by atoms with van der Waals surface area (Å²) in [7, 11) is 0. The lowest BCUT2D eigenvalue weighted by Gasteiger charge is -2.07. The van der Waals surface area contributed by atoms with Crippen molar-refractivity contribution in [3.05, 3.63) is 152 Å². The monoisotopic (exact) mass is 615 g/mol. The van der Waals surface area contributed by atoms with Gasteiger partial charge in [0.2, 0.25) is 5.78 Å². The van der Waals surface area contributed by atoms with E-state index in [4.69, 9.17) is 13.8 Å². The van der Waals surface area contributed by atoms with E-state index < -0.39 is 0 Å². The Morgan fingerprint density at radius 1 is 0.438 bits per heavy atom. The number of rotatable bonds is 3. The number of hydrogen-bond donors (Lipinski definition) is 0. The topological polar surface area (TPSA) is 48.5 Å². The zero-order valence-corrected chi connectivity index (χ0v) is 25.6. The molecule has 0 radical (unpaired) electrons. The van der Waals surface area contributed by atoms with Crippen molar-refractivity contribution in [3.8, 4) is 27.9 Å². The third kappa shape index (κ3) is 3.47. The van der Waals surface area contributed by atoms with E-state index in [2.05, 4.69) is 142 Å². The Bertz CT molecular complexity index is 3080. The normalized spacial score (nSPS) is 12.2. The Kier molecular flexibility index (Phi) is 5.05. The number of nitrogens with zero attached hydrogens (tertiary/aromatic N) is 3. The second-order valence-electron chi connectivity index (χ2n) is 12.4. The van der Waals surface area contributed by atoms with E-state index in [1.807, 2.05) is 18.2 Å². The Morgan fingerprint density at radius 2 is 1.12 bits per heavy atom. The number of benzene rings is 7. The van der Waals surface area contributed by atoms with Crippen molar-refractivity contribution in [2.75, 3.05) is 0 Å². The summed E-state index contributed by atoms with van der Waals surface area (Å²) in [5.74, 6) is 0.862. The molecule has 0 spiro atoms. The number of imidazole rings is 2. The van der Waals surface area contributed by atoms with Gasteiger partial charge in [-0.05, 0) is 71.3 Å². The van der Waals surface area contributed by atoms with Crippen LogP contribution in [-0.2, 0) is 0 Å². The van der Waals surface area contributed by atoms with Crippen LogP contribution in [0.5, 0.6) is 0 Å². The van der Waals surface area contributed by atoms with Gasteiger partial charge in [0.05, 0.1) is 27.8 Å². The van der Waals surface area contributed by atoms with E-state index in [0.717, 1.165) is 99.7 Å². The van der Waals surface area contributed by atoms with Crippen LogP contribution in [0, 0.1) is 0 Å². The minimum Gasteiger partial charge on any atom is -0.456 e. The van der Waals surface area contributed by atoms with E-state index >= 15 is 0 Å². The van der Waals surface area contributed by atoms with Crippen molar-refractivity contribution in [1.82, 2.24) is 14.0 Å². The Labute approximate surface area is 273 Å². The van der Waals surface area contributed by atoms with Gasteiger partial charge in [0, 0.05) is 27.1 Å². The Morgan fingerprint density at radius 3 is 2.06 bits per heavy atom. The molecule has 0 saturated heterocycles. The Hall–Kier alpha value is -6.59. The zero-order chi connectivity index (χ0) is 31.3. The van der Waals surface area contributed by atoms with Crippen LogP contribution in [0.3, 0.4) is 0 Å². The lowest BCUT2D eigenvalue weighted by atomic mass is 9.97. The third-order valence-electron chi connectivity index (χ3n) is 9.73. The summed E-state index contributed by atoms with van der Waals surface area (Å²) in [6.45, 7) is 0. The molecule has 0 amide bonds. The average molecular weight is 616 g/mol. The van der Waals surface area contributed by atoms with Crippen LogP contribution in [0.2, 0.25) is 0 Å². The summed E-state index contributed by atoms with van der Waals surface area (Å²) >= 11 is 0. The van der Waals surface area contributed by atoms with Crippen LogP contribution < -0.4 is 0 Å². The van der Waals surface area contributed by atoms with Crippen LogP contribution >= 0.6 is 0 Å². The molecule has 0 saturated carbocycles. The lowest BCUT2D eigenvalue weighted by Crippen LogP contribution is -1.95. The zero-order valence-electron chi connectivity index (χ0n) is 25.6. The maximum Gasteiger partial charge on any atom is 0.220 e. The molecular weight excluding hydrogens is 590 g/mol. The molecule has 0 aliphatic carbocycles. The maximum absolute atomic E-state index is 6.94. The predicted molar refractivity (Wildman–Crippen MR) is 195 cm³/mol. The molecule has 11 rings (SSSR count). The van der Waals surface area contributed by atoms with Crippen molar-refractivity contribution in [2.45, 2.75) is 0 Å². The quantitative estimate of drug-likeness (QED) is 0.199. The minimum absolute atomic E-state index is 0.837. The maximum atomic E-state index is 6.94. The second kappa shape index (κ2) is 9.47. The van der Waals surface area contributed by atoms with Crippen molar-refractivity contribution in [3.63, 3.8) is 0 Å². The molecule has 11 aromatic rings. The highest BCUT2D eigenvalue weighted by atomic mass is 16.3. The second-order valence-corrected chi connectivity index (χ2v) is 12.4. The fourth-order valence-corrected chi connectivity index (χ4v) is 7.57. The van der Waals surface area contributed by atoms with Gasteiger partial charge in [-0.15, -0.1) is 0 Å². The van der Waals surface area contributed by atoms with Gasteiger partial charge in [0.25, 0.3) is 0 Å². The molecule has 0 aliphatic heterocycles. The van der Waals surface area contributed by atoms with E-state index in [-0.39, 0.29) is 0 Å². The van der Waals surface area contributed by atoms with E-state index in [1.165, 1.54) is 0 Å². The molecule has 4 aromatic heterocycles. The number of para-hydroxylation sites is 7. The Balaban J connectivity index is 1.11. The van der Waals surface area contributed by atoms with Crippen molar-refractivity contribution >= 4 is 71.7 Å². The highest BCUT2D eigenvalue weighted by molar-refractivity contribution is 6.12. The third-order valence-corrected chi connectivity index (χ3v) is 9.73. The molecule has 0 fully saturated rings. The number of furan rings is 2. The summed E-state index contributed by atoms with van der Waals surface area (Å²) < 4.78 is 17.5. The van der Waals surface area contributed by atoms with Crippen molar-refractivity contribution < 1.29 is 8.83 Å². The smallest absolute Gasteiger partial charge is 0.220 e. The summed E-state index contributed by atoms with van der Waals surface area (Å²) in [5, 5.41) is 4.41. The van der Waals surface area contributed by atoms with Gasteiger partial charge in [-0.25, -0.2) is 4.98 Å². The molecule has 48 heavy (non-hydrogen) atoms. The summed E-state index contributed by atoms with van der Waals surface area (Å²) in [6, 6.07) is 53.0. The molecule has 7 aromatic carbocycles. The van der Waals surface area contributed by atoms with Crippen LogP contribution in [0.4, 0.5) is 0 Å². The van der Waals surface area contributed by atoms with Crippen LogP contribution in [-0.4, -0.2) is 14.0 Å². The molecule has 4 heterocycles. The molecule has 5 nitrogen and oxygen atoms in total. The van der Waals surface area contributed by atoms with E-state index in [0.29, 0.717) is 0 Å². The van der Waals surface area contributed by atoms with Gasteiger partial charge in [-0.2, -0.15) is 0 Å². The number of hydrogen-bond acceptors (Lipinski definition) is 3. The van der Waals surface area contributed by atoms with Gasteiger partial charge in [0.1, 0.15) is 16.7 Å². The SMILES string of the molecule is c1cc(-c2ccc3oc4ccccc4c3c2)cc(-c2cccc3c2oc2c(-n4c5ccccc5n5c6ccccc6nc45)cccc23)c1. The van der Waals surface area contributed by atoms with Crippen LogP contribution in [0.1, 0.15) is 0 Å². The molecule has 0 N–H and O–H groups in total. The first-order valence-electron chi connectivity index (χ1n) is 16.1. The average Bonchev–Trinajstić information content (AvgIpc) is 3.89. The van der Waals surface area contributed by atoms with Gasteiger partial charge >= 0.3 is 0 Å². The minimum atomic E-state index is 0.837. The highest BCUT2D eigenvalue weighted by Gasteiger charge is 2.21. The number of aromatic nitrogens is 3. The lowest BCUT2D eigenvalue weighted by molar-refractivity contribution is 0.667. The first-order chi connectivity index (χ1) is 23.8. The molecule has 0 bridgehead atoms. The predicted octanol–water partition coefficient (Wildman–Crippen LogP) is 11.6. The van der Waals surface area contributed by atoms with Gasteiger partial charge in [0.15, 0.2) is 5.58 Å². The number of fused-ring (bicyclic) bond motifs is 11. The molecule has 5 heteroatoms. The largest absolute Gasteiger partial charge is 0.456 e. The molecule has 224 valence electrons. The molecular formula is C43H25N3O2. The van der Waals surface area contributed by atoms with Crippen molar-refractivity contribution in [1.29, 1.82) is 0 Å². The standard InChI is InChI=1S/C43H25N3O2/c1-6-21-39-30(12-1)33-25-27(22-23-40(33)47-39)26-10-7-11-28(24-26)29-13-8-14-31-32-15-9-20-38(42(32)48-41(29)31)46-37-19-5-4-18-36(37)45-35-17-3-2-16-34(35)44-43(45)46/h1-25H. The van der Waals surface area contributed by atoms with Crippen LogP contribution in [0.25, 0.3) is 99.7 Å². The summed E-state index contributed by atoms with van der Waals surface area (Å²) in [6.07, 6.45) is 0. The molecule has 0 aliphatic rings. The van der Waals surface area contributed by atoms with Crippen molar-refractivity contribution in [2.24, 2.45) is 0 Å². The van der Waals surface area contributed by atoms with Gasteiger partial charge < -0.3 is 8.83 Å². The summed E-state index contributed by atoms with van der Waals surface area (Å²) in [5.41, 5.74) is 13.1. The fourth-order valence-electron chi connectivity index (χ4n) is 7.57.